The number of piperidine rings is 1. The van der Waals surface area contributed by atoms with Crippen molar-refractivity contribution in [2.24, 2.45) is 5.73 Å². The predicted octanol–water partition coefficient (Wildman–Crippen LogP) is 2.95. The number of amides is 3. The van der Waals surface area contributed by atoms with E-state index in [2.05, 4.69) is 4.98 Å². The number of ether oxygens (including phenoxy) is 1. The van der Waals surface area contributed by atoms with Gasteiger partial charge in [0, 0.05) is 43.5 Å². The van der Waals surface area contributed by atoms with Gasteiger partial charge in [-0.05, 0) is 45.7 Å². The molecule has 166 valence electrons. The molecule has 0 bridgehead atoms. The Bertz CT molecular complexity index is 953. The zero-order valence-corrected chi connectivity index (χ0v) is 18.4. The Morgan fingerprint density at radius 1 is 1.13 bits per heavy atom. The second kappa shape index (κ2) is 8.79. The van der Waals surface area contributed by atoms with Gasteiger partial charge in [0.15, 0.2) is 0 Å². The number of aromatic nitrogens is 2. The number of nitrogens with zero attached hydrogens (tertiary/aromatic N) is 4. The van der Waals surface area contributed by atoms with Crippen molar-refractivity contribution >= 4 is 18.0 Å². The Labute approximate surface area is 181 Å². The molecule has 1 saturated heterocycles. The van der Waals surface area contributed by atoms with Crippen molar-refractivity contribution in [3.63, 3.8) is 0 Å². The first kappa shape index (κ1) is 22.3. The van der Waals surface area contributed by atoms with E-state index >= 15 is 0 Å². The zero-order valence-electron chi connectivity index (χ0n) is 18.4. The summed E-state index contributed by atoms with van der Waals surface area (Å²) < 4.78 is 6.87. The van der Waals surface area contributed by atoms with Gasteiger partial charge in [-0.25, -0.2) is 14.6 Å². The molecule has 2 aromatic rings. The highest BCUT2D eigenvalue weighted by Crippen LogP contribution is 2.21. The molecule has 3 amide bonds. The molecule has 1 aromatic heterocycles. The molecule has 0 radical (unpaired) electrons. The standard InChI is InChI=1S/C22H29N5O4/c1-22(2,3)31-21(30)26-11-9-17(10-12-26)25(4)20(29)27-13-18(24-14-27)15-5-7-16(8-6-15)19(23)28/h5-8,13-14,17H,9-12H2,1-4H3,(H2,23,28). The Morgan fingerprint density at radius 2 is 1.74 bits per heavy atom. The van der Waals surface area contributed by atoms with Crippen LogP contribution in [0.25, 0.3) is 11.3 Å². The lowest BCUT2D eigenvalue weighted by atomic mass is 10.0. The first-order valence-corrected chi connectivity index (χ1v) is 10.2. The monoisotopic (exact) mass is 427 g/mol. The lowest BCUT2D eigenvalue weighted by molar-refractivity contribution is 0.0172. The van der Waals surface area contributed by atoms with Gasteiger partial charge in [-0.3, -0.25) is 9.36 Å². The maximum atomic E-state index is 12.9. The Kier molecular flexibility index (Phi) is 6.33. The first-order chi connectivity index (χ1) is 14.5. The van der Waals surface area contributed by atoms with Crippen molar-refractivity contribution in [3.8, 4) is 11.3 Å². The highest BCUT2D eigenvalue weighted by atomic mass is 16.6. The minimum absolute atomic E-state index is 0.0203. The molecule has 1 aromatic carbocycles. The molecule has 1 aliphatic rings. The van der Waals surface area contributed by atoms with Crippen LogP contribution < -0.4 is 5.73 Å². The smallest absolute Gasteiger partial charge is 0.410 e. The van der Waals surface area contributed by atoms with E-state index in [1.165, 1.54) is 10.9 Å². The van der Waals surface area contributed by atoms with Crippen molar-refractivity contribution in [2.75, 3.05) is 20.1 Å². The third-order valence-corrected chi connectivity index (χ3v) is 5.23. The van der Waals surface area contributed by atoms with Gasteiger partial charge >= 0.3 is 12.1 Å². The lowest BCUT2D eigenvalue weighted by Gasteiger charge is -2.37. The number of carbonyl (C=O) groups is 3. The number of rotatable bonds is 3. The van der Waals surface area contributed by atoms with Crippen LogP contribution in [0.3, 0.4) is 0 Å². The topological polar surface area (TPSA) is 111 Å². The lowest BCUT2D eigenvalue weighted by Crippen LogP contribution is -2.49. The molecule has 1 fully saturated rings. The highest BCUT2D eigenvalue weighted by molar-refractivity contribution is 5.93. The summed E-state index contributed by atoms with van der Waals surface area (Å²) in [4.78, 5) is 44.0. The van der Waals surface area contributed by atoms with Gasteiger partial charge in [0.2, 0.25) is 5.91 Å². The third-order valence-electron chi connectivity index (χ3n) is 5.23. The molecular formula is C22H29N5O4. The van der Waals surface area contributed by atoms with E-state index in [0.717, 1.165) is 5.56 Å². The van der Waals surface area contributed by atoms with Crippen molar-refractivity contribution in [1.82, 2.24) is 19.4 Å². The number of hydrogen-bond acceptors (Lipinski definition) is 5. The summed E-state index contributed by atoms with van der Waals surface area (Å²) >= 11 is 0. The van der Waals surface area contributed by atoms with E-state index in [1.807, 2.05) is 20.8 Å². The fourth-order valence-corrected chi connectivity index (χ4v) is 3.48. The molecule has 0 unspecified atom stereocenters. The number of imidazole rings is 1. The highest BCUT2D eigenvalue weighted by Gasteiger charge is 2.30. The Hall–Kier alpha value is -3.36. The fraction of sp³-hybridized carbons (Fsp3) is 0.455. The number of carbonyl (C=O) groups excluding carboxylic acids is 3. The van der Waals surface area contributed by atoms with Crippen molar-refractivity contribution in [1.29, 1.82) is 0 Å². The number of benzene rings is 1. The summed E-state index contributed by atoms with van der Waals surface area (Å²) in [5.41, 5.74) is 6.56. The SMILES string of the molecule is CN(C(=O)n1cnc(-c2ccc(C(N)=O)cc2)c1)C1CCN(C(=O)OC(C)(C)C)CC1. The van der Waals surface area contributed by atoms with Crippen LogP contribution in [0, 0.1) is 0 Å². The number of nitrogens with two attached hydrogens (primary N) is 1. The second-order valence-electron chi connectivity index (χ2n) is 8.70. The van der Waals surface area contributed by atoms with Crippen LogP contribution in [0.1, 0.15) is 44.0 Å². The number of likely N-dealkylation sites (tertiary alicyclic amines) is 1. The molecule has 0 saturated carbocycles. The van der Waals surface area contributed by atoms with Gasteiger partial charge < -0.3 is 20.3 Å². The van der Waals surface area contributed by atoms with Crippen molar-refractivity contribution in [2.45, 2.75) is 45.3 Å². The summed E-state index contributed by atoms with van der Waals surface area (Å²) in [6.07, 6.45) is 4.18. The maximum absolute atomic E-state index is 12.9. The average molecular weight is 428 g/mol. The van der Waals surface area contributed by atoms with Crippen LogP contribution in [-0.4, -0.2) is 69.2 Å². The van der Waals surface area contributed by atoms with E-state index in [1.54, 1.807) is 47.3 Å². The Balaban J connectivity index is 1.60. The molecule has 0 aliphatic carbocycles. The molecule has 2 N–H and O–H groups in total. The molecule has 1 aliphatic heterocycles. The summed E-state index contributed by atoms with van der Waals surface area (Å²) in [5.74, 6) is -0.494. The van der Waals surface area contributed by atoms with E-state index in [-0.39, 0.29) is 18.2 Å². The first-order valence-electron chi connectivity index (χ1n) is 10.2. The predicted molar refractivity (Wildman–Crippen MR) is 116 cm³/mol. The molecule has 0 atom stereocenters. The summed E-state index contributed by atoms with van der Waals surface area (Å²) in [6.45, 7) is 6.61. The molecular weight excluding hydrogens is 398 g/mol. The van der Waals surface area contributed by atoms with Crippen LogP contribution in [0.15, 0.2) is 36.8 Å². The number of primary amides is 1. The van der Waals surface area contributed by atoms with Crippen LogP contribution in [0.2, 0.25) is 0 Å². The molecule has 9 heteroatoms. The number of hydrogen-bond donors (Lipinski definition) is 1. The fourth-order valence-electron chi connectivity index (χ4n) is 3.48. The van der Waals surface area contributed by atoms with Gasteiger partial charge in [-0.2, -0.15) is 0 Å². The van der Waals surface area contributed by atoms with Crippen LogP contribution in [-0.2, 0) is 4.74 Å². The van der Waals surface area contributed by atoms with Crippen molar-refractivity contribution < 1.29 is 19.1 Å². The van der Waals surface area contributed by atoms with Crippen LogP contribution >= 0.6 is 0 Å². The molecule has 9 nitrogen and oxygen atoms in total. The maximum Gasteiger partial charge on any atom is 0.410 e. The van der Waals surface area contributed by atoms with Crippen molar-refractivity contribution in [3.05, 3.63) is 42.4 Å². The van der Waals surface area contributed by atoms with Gasteiger partial charge in [0.25, 0.3) is 0 Å². The summed E-state index contributed by atoms with van der Waals surface area (Å²) in [7, 11) is 1.76. The van der Waals surface area contributed by atoms with Crippen LogP contribution in [0.5, 0.6) is 0 Å². The van der Waals surface area contributed by atoms with Gasteiger partial charge in [0.1, 0.15) is 11.9 Å². The van der Waals surface area contributed by atoms with E-state index in [4.69, 9.17) is 10.5 Å². The van der Waals surface area contributed by atoms with E-state index in [9.17, 15) is 14.4 Å². The normalized spacial score (nSPS) is 14.9. The van der Waals surface area contributed by atoms with Crippen LogP contribution in [0.4, 0.5) is 9.59 Å². The minimum atomic E-state index is -0.528. The minimum Gasteiger partial charge on any atom is -0.444 e. The molecule has 3 rings (SSSR count). The molecule has 0 spiro atoms. The van der Waals surface area contributed by atoms with Gasteiger partial charge in [0.05, 0.1) is 5.69 Å². The van der Waals surface area contributed by atoms with Gasteiger partial charge in [-0.15, -0.1) is 0 Å². The van der Waals surface area contributed by atoms with E-state index < -0.39 is 11.5 Å². The molecule has 31 heavy (non-hydrogen) atoms. The third kappa shape index (κ3) is 5.42. The van der Waals surface area contributed by atoms with Gasteiger partial charge in [-0.1, -0.05) is 12.1 Å². The Morgan fingerprint density at radius 3 is 2.29 bits per heavy atom. The summed E-state index contributed by atoms with van der Waals surface area (Å²) in [6, 6.07) is 6.57. The summed E-state index contributed by atoms with van der Waals surface area (Å²) in [5, 5.41) is 0. The quantitative estimate of drug-likeness (QED) is 0.810. The molecule has 2 heterocycles. The zero-order chi connectivity index (χ0) is 22.8. The largest absolute Gasteiger partial charge is 0.444 e. The van der Waals surface area contributed by atoms with E-state index in [0.29, 0.717) is 37.2 Å². The second-order valence-corrected chi connectivity index (χ2v) is 8.70. The average Bonchev–Trinajstić information content (AvgIpc) is 3.22.